The van der Waals surface area contributed by atoms with Gasteiger partial charge in [0.15, 0.2) is 0 Å². The van der Waals surface area contributed by atoms with Crippen LogP contribution in [0.1, 0.15) is 28.5 Å². The lowest BCUT2D eigenvalue weighted by Crippen LogP contribution is -1.97. The van der Waals surface area contributed by atoms with Gasteiger partial charge in [-0.3, -0.25) is 0 Å². The molecule has 0 fully saturated rings. The zero-order chi connectivity index (χ0) is 44.0. The fraction of sp³-hybridized carbons (Fsp3) is 0.0179. The minimum Gasteiger partial charge on any atom is -0.487 e. The number of rotatable bonds is 8. The van der Waals surface area contributed by atoms with Crippen LogP contribution in [0.5, 0.6) is 5.75 Å². The molecule has 2 N–H and O–H groups in total. The van der Waals surface area contributed by atoms with Crippen LogP contribution in [0.4, 0.5) is 0 Å². The zero-order valence-corrected chi connectivity index (χ0v) is 35.2. The van der Waals surface area contributed by atoms with E-state index in [0.717, 1.165) is 100 Å². The van der Waals surface area contributed by atoms with E-state index in [2.05, 4.69) is 154 Å². The van der Waals surface area contributed by atoms with Crippen LogP contribution in [0, 0.1) is 0 Å². The number of aromatic amines is 2. The Morgan fingerprint density at radius 3 is 1.44 bits per heavy atom. The van der Waals surface area contributed by atoms with Gasteiger partial charge < -0.3 is 19.1 Å². The summed E-state index contributed by atoms with van der Waals surface area (Å²) in [4.78, 5) is 30.2. The first-order chi connectivity index (χ1) is 32.6. The second-order valence-electron chi connectivity index (χ2n) is 16.0. The van der Waals surface area contributed by atoms with Crippen molar-refractivity contribution >= 4 is 57.3 Å². The maximum atomic E-state index is 11.8. The van der Waals surface area contributed by atoms with Gasteiger partial charge in [0.1, 0.15) is 23.6 Å². The summed E-state index contributed by atoms with van der Waals surface area (Å²) in [5.74, 6) is 0.560. The number of nitrogens with one attached hydrogen (secondary N) is 2. The SMILES string of the molecule is O=c1ccc2ccc(OCc3cn(-c4ccc(-c5c6nc(c(-c7ccccc7)c7ccc([nH]7)c(-c7ccccc7)c7nc(c(-c8ccccc8)c8ccc5[nH]8)C=C7)C=C6)cc4)nn3)cc2o1. The van der Waals surface area contributed by atoms with Crippen molar-refractivity contribution in [1.82, 2.24) is 34.9 Å². The van der Waals surface area contributed by atoms with Crippen LogP contribution in [0.3, 0.4) is 0 Å². The number of aromatic nitrogens is 7. The quantitative estimate of drug-likeness (QED) is 0.146. The lowest BCUT2D eigenvalue weighted by Gasteiger charge is -2.07. The Balaban J connectivity index is 1.02. The van der Waals surface area contributed by atoms with Crippen LogP contribution in [0.15, 0.2) is 185 Å². The molecule has 10 heteroatoms. The summed E-state index contributed by atoms with van der Waals surface area (Å²) in [6.07, 6.45) is 10.3. The average Bonchev–Trinajstić information content (AvgIpc) is 4.24. The van der Waals surface area contributed by atoms with E-state index in [1.165, 1.54) is 6.07 Å². The Morgan fingerprint density at radius 2 is 0.955 bits per heavy atom. The Kier molecular flexibility index (Phi) is 9.45. The van der Waals surface area contributed by atoms with Crippen molar-refractivity contribution in [3.8, 4) is 55.9 Å². The van der Waals surface area contributed by atoms with Crippen LogP contribution in [-0.2, 0) is 6.61 Å². The highest BCUT2D eigenvalue weighted by Crippen LogP contribution is 2.38. The van der Waals surface area contributed by atoms with Gasteiger partial charge in [0.2, 0.25) is 0 Å². The van der Waals surface area contributed by atoms with Crippen molar-refractivity contribution in [2.45, 2.75) is 6.61 Å². The van der Waals surface area contributed by atoms with Crippen molar-refractivity contribution in [1.29, 1.82) is 0 Å². The topological polar surface area (TPSA) is 128 Å². The molecule has 7 heterocycles. The highest BCUT2D eigenvalue weighted by Gasteiger charge is 2.19. The molecule has 0 aliphatic carbocycles. The summed E-state index contributed by atoms with van der Waals surface area (Å²) in [6, 6.07) is 56.6. The lowest BCUT2D eigenvalue weighted by molar-refractivity contribution is 0.301. The molecule has 0 saturated carbocycles. The summed E-state index contributed by atoms with van der Waals surface area (Å²) in [5.41, 5.74) is 16.7. The van der Waals surface area contributed by atoms with Crippen LogP contribution < -0.4 is 10.4 Å². The Labute approximate surface area is 377 Å². The van der Waals surface area contributed by atoms with E-state index in [4.69, 9.17) is 19.1 Å². The highest BCUT2D eigenvalue weighted by atomic mass is 16.5. The molecule has 0 atom stereocenters. The fourth-order valence-corrected chi connectivity index (χ4v) is 8.79. The minimum atomic E-state index is -0.411. The van der Waals surface area contributed by atoms with E-state index in [9.17, 15) is 4.79 Å². The summed E-state index contributed by atoms with van der Waals surface area (Å²) < 4.78 is 13.1. The van der Waals surface area contributed by atoms with Crippen molar-refractivity contribution in [2.24, 2.45) is 0 Å². The predicted octanol–water partition coefficient (Wildman–Crippen LogP) is 12.6. The number of fused-ring (bicyclic) bond motifs is 9. The van der Waals surface area contributed by atoms with Gasteiger partial charge >= 0.3 is 5.63 Å². The summed E-state index contributed by atoms with van der Waals surface area (Å²) in [6.45, 7) is 0.181. The molecule has 5 aromatic heterocycles. The van der Waals surface area contributed by atoms with Gasteiger partial charge in [0, 0.05) is 61.8 Å². The van der Waals surface area contributed by atoms with Gasteiger partial charge in [0.25, 0.3) is 0 Å². The molecule has 12 rings (SSSR count). The summed E-state index contributed by atoms with van der Waals surface area (Å²) >= 11 is 0. The molecule has 10 nitrogen and oxygen atoms in total. The van der Waals surface area contributed by atoms with Crippen molar-refractivity contribution in [2.75, 3.05) is 0 Å². The first-order valence-electron chi connectivity index (χ1n) is 21.6. The molecule has 0 radical (unpaired) electrons. The standard InChI is InChI=1S/C56H37N7O3/c64-52-31-19-35-18-22-42(32-51(35)66-52)65-34-40-33-63(62-61-40)41-20-16-39(17-21-41)56-49-29-27-47(59-49)54(37-12-6-2-7-13-37)45-25-23-43(57-45)53(36-10-4-1-5-11-36)44-24-26-46(58-44)55(38-14-8-3-9-15-38)48-28-30-50(56)60-48/h1-33,57,60H,34H2. The number of benzene rings is 5. The molecule has 0 amide bonds. The lowest BCUT2D eigenvalue weighted by atomic mass is 10.0. The van der Waals surface area contributed by atoms with Gasteiger partial charge in [-0.05, 0) is 101 Å². The third-order valence-electron chi connectivity index (χ3n) is 11.9. The zero-order valence-electron chi connectivity index (χ0n) is 35.2. The molecule has 0 spiro atoms. The first-order valence-corrected chi connectivity index (χ1v) is 21.6. The molecule has 314 valence electrons. The average molecular weight is 856 g/mol. The molecule has 2 aliphatic rings. The summed E-state index contributed by atoms with van der Waals surface area (Å²) in [7, 11) is 0. The van der Waals surface area contributed by atoms with E-state index in [-0.39, 0.29) is 6.61 Å². The molecule has 5 aromatic carbocycles. The Morgan fingerprint density at radius 1 is 0.500 bits per heavy atom. The fourth-order valence-electron chi connectivity index (χ4n) is 8.79. The van der Waals surface area contributed by atoms with Crippen molar-refractivity contribution in [3.63, 3.8) is 0 Å². The van der Waals surface area contributed by atoms with Gasteiger partial charge in [-0.2, -0.15) is 0 Å². The predicted molar refractivity (Wildman–Crippen MR) is 262 cm³/mol. The maximum Gasteiger partial charge on any atom is 0.336 e. The second kappa shape index (κ2) is 16.2. The Hall–Kier alpha value is -9.15. The molecular formula is C56H37N7O3. The van der Waals surface area contributed by atoms with Crippen molar-refractivity contribution in [3.05, 3.63) is 215 Å². The van der Waals surface area contributed by atoms with Crippen LogP contribution in [-0.4, -0.2) is 34.9 Å². The number of hydrogen-bond acceptors (Lipinski definition) is 7. The minimum absolute atomic E-state index is 0.181. The second-order valence-corrected chi connectivity index (χ2v) is 16.0. The molecule has 0 saturated heterocycles. The normalized spacial score (nSPS) is 11.9. The number of nitrogens with zero attached hydrogens (tertiary/aromatic N) is 5. The van der Waals surface area contributed by atoms with E-state index in [1.54, 1.807) is 16.8 Å². The molecule has 2 aliphatic heterocycles. The van der Waals surface area contributed by atoms with Crippen LogP contribution in [0.2, 0.25) is 0 Å². The highest BCUT2D eigenvalue weighted by molar-refractivity contribution is 5.99. The molecule has 8 bridgehead atoms. The smallest absolute Gasteiger partial charge is 0.336 e. The van der Waals surface area contributed by atoms with Crippen molar-refractivity contribution < 1.29 is 9.15 Å². The largest absolute Gasteiger partial charge is 0.487 e. The molecule has 0 unspecified atom stereocenters. The number of hydrogen-bond donors (Lipinski definition) is 2. The maximum absolute atomic E-state index is 11.8. The van der Waals surface area contributed by atoms with E-state index >= 15 is 0 Å². The van der Waals surface area contributed by atoms with E-state index in [0.29, 0.717) is 17.0 Å². The number of ether oxygens (including phenoxy) is 1. The first kappa shape index (κ1) is 38.5. The monoisotopic (exact) mass is 855 g/mol. The molecular weight excluding hydrogens is 819 g/mol. The summed E-state index contributed by atoms with van der Waals surface area (Å²) in [5, 5.41) is 9.61. The van der Waals surface area contributed by atoms with Gasteiger partial charge in [-0.15, -0.1) is 5.10 Å². The molecule has 66 heavy (non-hydrogen) atoms. The van der Waals surface area contributed by atoms with Gasteiger partial charge in [0.05, 0.1) is 34.7 Å². The van der Waals surface area contributed by atoms with Crippen LogP contribution >= 0.6 is 0 Å². The third kappa shape index (κ3) is 7.18. The number of H-pyrrole nitrogens is 2. The van der Waals surface area contributed by atoms with Gasteiger partial charge in [-0.25, -0.2) is 19.4 Å². The van der Waals surface area contributed by atoms with Crippen LogP contribution in [0.25, 0.3) is 108 Å². The Bertz CT molecular complexity index is 3740. The third-order valence-corrected chi connectivity index (χ3v) is 11.9. The van der Waals surface area contributed by atoms with E-state index < -0.39 is 5.63 Å². The van der Waals surface area contributed by atoms with E-state index in [1.807, 2.05) is 48.7 Å². The van der Waals surface area contributed by atoms with Gasteiger partial charge in [-0.1, -0.05) is 108 Å². The molecule has 10 aromatic rings.